The van der Waals surface area contributed by atoms with Crippen molar-refractivity contribution in [3.8, 4) is 5.75 Å². The van der Waals surface area contributed by atoms with E-state index in [1.807, 2.05) is 0 Å². The van der Waals surface area contributed by atoms with Crippen LogP contribution in [0.2, 0.25) is 0 Å². The molecule has 1 unspecified atom stereocenters. The third-order valence-electron chi connectivity index (χ3n) is 4.06. The predicted molar refractivity (Wildman–Crippen MR) is 95.2 cm³/mol. The molecule has 1 amide bonds. The molecule has 9 nitrogen and oxygen atoms in total. The Morgan fingerprint density at radius 1 is 1.42 bits per heavy atom. The summed E-state index contributed by atoms with van der Waals surface area (Å²) < 4.78 is 30.2. The van der Waals surface area contributed by atoms with E-state index in [0.29, 0.717) is 23.6 Å². The lowest BCUT2D eigenvalue weighted by molar-refractivity contribution is -0.118. The second kappa shape index (κ2) is 6.94. The molecule has 0 aromatic carbocycles. The minimum atomic E-state index is -3.07. The summed E-state index contributed by atoms with van der Waals surface area (Å²) in [6.45, 7) is 3.15. The van der Waals surface area contributed by atoms with Gasteiger partial charge in [0.05, 0.1) is 23.2 Å². The fourth-order valence-electron chi connectivity index (χ4n) is 2.85. The molecule has 1 aliphatic rings. The van der Waals surface area contributed by atoms with Gasteiger partial charge in [0, 0.05) is 24.0 Å². The molecule has 3 rings (SSSR count). The smallest absolute Gasteiger partial charge is 0.263 e. The number of amides is 1. The zero-order chi connectivity index (χ0) is 18.9. The molecule has 1 saturated heterocycles. The Kier molecular flexibility index (Phi) is 4.86. The first-order valence-electron chi connectivity index (χ1n) is 8.12. The van der Waals surface area contributed by atoms with Crippen LogP contribution in [0.4, 0.5) is 5.82 Å². The normalized spacial score (nSPS) is 18.6. The van der Waals surface area contributed by atoms with Crippen LogP contribution in [0.25, 0.3) is 0 Å². The first kappa shape index (κ1) is 18.2. The predicted octanol–water partition coefficient (Wildman–Crippen LogP) is 0.565. The SMILES string of the molecule is Cc1cc(NC(=O)COc2c[nH]c(C)cc2=O)n(C2CCS(=O)(=O)C2)n1. The Morgan fingerprint density at radius 2 is 2.19 bits per heavy atom. The number of hydrogen-bond acceptors (Lipinski definition) is 6. The summed E-state index contributed by atoms with van der Waals surface area (Å²) in [5, 5.41) is 6.96. The number of pyridine rings is 1. The van der Waals surface area contributed by atoms with E-state index >= 15 is 0 Å². The van der Waals surface area contributed by atoms with Crippen LogP contribution in [-0.2, 0) is 14.6 Å². The van der Waals surface area contributed by atoms with Gasteiger partial charge in [-0.25, -0.2) is 13.1 Å². The van der Waals surface area contributed by atoms with Crippen molar-refractivity contribution in [3.05, 3.63) is 39.9 Å². The molecule has 3 heterocycles. The van der Waals surface area contributed by atoms with Crippen molar-refractivity contribution in [2.75, 3.05) is 23.4 Å². The minimum Gasteiger partial charge on any atom is -0.478 e. The fraction of sp³-hybridized carbons (Fsp3) is 0.438. The van der Waals surface area contributed by atoms with Crippen LogP contribution < -0.4 is 15.5 Å². The zero-order valence-electron chi connectivity index (χ0n) is 14.5. The summed E-state index contributed by atoms with van der Waals surface area (Å²) in [7, 11) is -3.07. The van der Waals surface area contributed by atoms with Gasteiger partial charge < -0.3 is 15.0 Å². The molecule has 2 N–H and O–H groups in total. The first-order chi connectivity index (χ1) is 12.2. The van der Waals surface area contributed by atoms with Gasteiger partial charge >= 0.3 is 0 Å². The van der Waals surface area contributed by atoms with Crippen LogP contribution in [-0.4, -0.2) is 47.2 Å². The topological polar surface area (TPSA) is 123 Å². The fourth-order valence-corrected chi connectivity index (χ4v) is 4.54. The number of sulfone groups is 1. The highest BCUT2D eigenvalue weighted by molar-refractivity contribution is 7.91. The molecule has 0 aliphatic carbocycles. The summed E-state index contributed by atoms with van der Waals surface area (Å²) in [6, 6.07) is 2.75. The average Bonchev–Trinajstić information content (AvgIpc) is 3.08. The molecule has 0 saturated carbocycles. The number of anilines is 1. The van der Waals surface area contributed by atoms with E-state index in [2.05, 4.69) is 15.4 Å². The van der Waals surface area contributed by atoms with Gasteiger partial charge in [-0.2, -0.15) is 5.10 Å². The maximum atomic E-state index is 12.2. The van der Waals surface area contributed by atoms with E-state index in [4.69, 9.17) is 4.74 Å². The number of carbonyl (C=O) groups excluding carboxylic acids is 1. The lowest BCUT2D eigenvalue weighted by Crippen LogP contribution is -2.25. The Hall–Kier alpha value is -2.62. The van der Waals surface area contributed by atoms with Crippen LogP contribution in [0.3, 0.4) is 0 Å². The van der Waals surface area contributed by atoms with Gasteiger partial charge in [0.1, 0.15) is 5.82 Å². The number of rotatable bonds is 5. The third kappa shape index (κ3) is 4.13. The largest absolute Gasteiger partial charge is 0.478 e. The molecule has 10 heteroatoms. The Bertz CT molecular complexity index is 992. The van der Waals surface area contributed by atoms with Gasteiger partial charge in [0.15, 0.2) is 22.2 Å². The summed E-state index contributed by atoms with van der Waals surface area (Å²) in [5.41, 5.74) is 1.05. The van der Waals surface area contributed by atoms with E-state index in [9.17, 15) is 18.0 Å². The van der Waals surface area contributed by atoms with E-state index in [-0.39, 0.29) is 35.3 Å². The summed E-state index contributed by atoms with van der Waals surface area (Å²) >= 11 is 0. The van der Waals surface area contributed by atoms with Gasteiger partial charge in [-0.15, -0.1) is 0 Å². The highest BCUT2D eigenvalue weighted by Gasteiger charge is 2.31. The minimum absolute atomic E-state index is 0.00618. The number of aromatic nitrogens is 3. The molecule has 2 aromatic heterocycles. The second-order valence-corrected chi connectivity index (χ2v) is 8.58. The molecule has 1 aliphatic heterocycles. The van der Waals surface area contributed by atoms with E-state index in [1.54, 1.807) is 19.9 Å². The maximum Gasteiger partial charge on any atom is 0.263 e. The number of aryl methyl sites for hydroxylation is 2. The van der Waals surface area contributed by atoms with Crippen molar-refractivity contribution in [3.63, 3.8) is 0 Å². The highest BCUT2D eigenvalue weighted by atomic mass is 32.2. The maximum absolute atomic E-state index is 12.2. The first-order valence-corrected chi connectivity index (χ1v) is 9.94. The van der Waals surface area contributed by atoms with Gasteiger partial charge in [-0.3, -0.25) is 9.59 Å². The standard InChI is InChI=1S/C16H20N4O5S/c1-10-5-13(21)14(7-17-10)25-8-16(22)18-15-6-11(2)19-20(15)12-3-4-26(23,24)9-12/h5-7,12H,3-4,8-9H2,1-2H3,(H,17,21)(H,18,22). The van der Waals surface area contributed by atoms with Gasteiger partial charge in [-0.05, 0) is 20.3 Å². The summed E-state index contributed by atoms with van der Waals surface area (Å²) in [6.07, 6.45) is 1.87. The summed E-state index contributed by atoms with van der Waals surface area (Å²) in [5.74, 6) is 0.121. The van der Waals surface area contributed by atoms with E-state index in [1.165, 1.54) is 16.9 Å². The number of carbonyl (C=O) groups is 1. The molecule has 26 heavy (non-hydrogen) atoms. The molecule has 0 radical (unpaired) electrons. The number of ether oxygens (including phenoxy) is 1. The number of nitrogens with one attached hydrogen (secondary N) is 2. The van der Waals surface area contributed by atoms with Crippen molar-refractivity contribution in [1.82, 2.24) is 14.8 Å². The van der Waals surface area contributed by atoms with Gasteiger partial charge in [0.2, 0.25) is 5.43 Å². The van der Waals surface area contributed by atoms with Gasteiger partial charge in [0.25, 0.3) is 5.91 Å². The van der Waals surface area contributed by atoms with Crippen molar-refractivity contribution < 1.29 is 17.9 Å². The zero-order valence-corrected chi connectivity index (χ0v) is 15.3. The molecule has 0 bridgehead atoms. The molecular formula is C16H20N4O5S. The molecule has 1 fully saturated rings. The molecule has 140 valence electrons. The summed E-state index contributed by atoms with van der Waals surface area (Å²) in [4.78, 5) is 26.8. The number of aromatic amines is 1. The van der Waals surface area contributed by atoms with Crippen molar-refractivity contribution >= 4 is 21.6 Å². The van der Waals surface area contributed by atoms with Crippen LogP contribution in [0.5, 0.6) is 5.75 Å². The quantitative estimate of drug-likeness (QED) is 0.781. The van der Waals surface area contributed by atoms with Crippen LogP contribution in [0.1, 0.15) is 23.9 Å². The lowest BCUT2D eigenvalue weighted by Gasteiger charge is -2.14. The second-order valence-electron chi connectivity index (χ2n) is 6.35. The van der Waals surface area contributed by atoms with Crippen molar-refractivity contribution in [2.24, 2.45) is 0 Å². The highest BCUT2D eigenvalue weighted by Crippen LogP contribution is 2.27. The average molecular weight is 380 g/mol. The third-order valence-corrected chi connectivity index (χ3v) is 5.81. The monoisotopic (exact) mass is 380 g/mol. The van der Waals surface area contributed by atoms with Crippen LogP contribution in [0, 0.1) is 13.8 Å². The molecule has 1 atom stereocenters. The van der Waals surface area contributed by atoms with Crippen molar-refractivity contribution in [2.45, 2.75) is 26.3 Å². The number of hydrogen-bond donors (Lipinski definition) is 2. The van der Waals surface area contributed by atoms with E-state index in [0.717, 1.165) is 0 Å². The number of H-pyrrole nitrogens is 1. The molecule has 0 spiro atoms. The number of nitrogens with zero attached hydrogens (tertiary/aromatic N) is 2. The Morgan fingerprint density at radius 3 is 2.85 bits per heavy atom. The Balaban J connectivity index is 1.67. The van der Waals surface area contributed by atoms with E-state index < -0.39 is 15.7 Å². The Labute approximate surface area is 150 Å². The molecule has 2 aromatic rings. The van der Waals surface area contributed by atoms with Crippen molar-refractivity contribution in [1.29, 1.82) is 0 Å². The lowest BCUT2D eigenvalue weighted by atomic mass is 10.3. The molecular weight excluding hydrogens is 360 g/mol. The van der Waals surface area contributed by atoms with Crippen LogP contribution in [0.15, 0.2) is 23.1 Å². The van der Waals surface area contributed by atoms with Gasteiger partial charge in [-0.1, -0.05) is 0 Å². The van der Waals surface area contributed by atoms with Crippen LogP contribution >= 0.6 is 0 Å².